The second kappa shape index (κ2) is 8.20. The lowest BCUT2D eigenvalue weighted by molar-refractivity contribution is -0.130. The Bertz CT molecular complexity index is 1270. The number of carbonyl (C=O) groups is 3. The number of nitrogens with one attached hydrogen (secondary N) is 1. The molecule has 1 atom stereocenters. The molecule has 0 spiro atoms. The number of hydrogen-bond donors (Lipinski definition) is 1. The summed E-state index contributed by atoms with van der Waals surface area (Å²) in [5.41, 5.74) is 1.60. The summed E-state index contributed by atoms with van der Waals surface area (Å²) in [6.45, 7) is 4.76. The molecule has 4 rings (SSSR count). The van der Waals surface area contributed by atoms with Gasteiger partial charge in [-0.15, -0.1) is 0 Å². The van der Waals surface area contributed by atoms with Crippen molar-refractivity contribution in [1.82, 2.24) is 14.8 Å². The summed E-state index contributed by atoms with van der Waals surface area (Å²) in [4.78, 5) is 39.9. The Hall–Kier alpha value is -3.94. The number of aromatic nitrogens is 1. The average molecular weight is 449 g/mol. The number of nitrogens with zero attached hydrogens (tertiary/aromatic N) is 2. The third-order valence-corrected chi connectivity index (χ3v) is 6.04. The van der Waals surface area contributed by atoms with Crippen LogP contribution in [0.1, 0.15) is 34.2 Å². The molecule has 33 heavy (non-hydrogen) atoms. The highest BCUT2D eigenvalue weighted by molar-refractivity contribution is 6.11. The monoisotopic (exact) mass is 449 g/mol. The maximum atomic E-state index is 13.7. The fourth-order valence-electron chi connectivity index (χ4n) is 4.25. The summed E-state index contributed by atoms with van der Waals surface area (Å²) in [7, 11) is 1.54. The molecule has 0 bridgehead atoms. The lowest BCUT2D eigenvalue weighted by Gasteiger charge is -2.22. The molecule has 3 aromatic rings. The lowest BCUT2D eigenvalue weighted by Crippen LogP contribution is -2.41. The number of amides is 3. The zero-order chi connectivity index (χ0) is 23.9. The van der Waals surface area contributed by atoms with E-state index in [0.29, 0.717) is 28.3 Å². The van der Waals surface area contributed by atoms with E-state index in [2.05, 4.69) is 5.32 Å². The molecule has 170 valence electrons. The number of hydrogen-bond acceptors (Lipinski definition) is 4. The number of aryl methyl sites for hydroxylation is 1. The van der Waals surface area contributed by atoms with Crippen molar-refractivity contribution in [2.24, 2.45) is 0 Å². The summed E-state index contributed by atoms with van der Waals surface area (Å²) >= 11 is 0. The van der Waals surface area contributed by atoms with Crippen LogP contribution in [-0.2, 0) is 10.3 Å². The van der Waals surface area contributed by atoms with E-state index in [1.54, 1.807) is 60.9 Å². The van der Waals surface area contributed by atoms with Crippen LogP contribution < -0.4 is 10.1 Å². The zero-order valence-corrected chi connectivity index (χ0v) is 18.8. The predicted octanol–water partition coefficient (Wildman–Crippen LogP) is 3.89. The number of methoxy groups -OCH3 is 1. The van der Waals surface area contributed by atoms with Gasteiger partial charge in [-0.3, -0.25) is 14.5 Å². The van der Waals surface area contributed by atoms with Gasteiger partial charge in [-0.2, -0.15) is 0 Å². The van der Waals surface area contributed by atoms with Crippen molar-refractivity contribution in [3.8, 4) is 11.4 Å². The van der Waals surface area contributed by atoms with Crippen molar-refractivity contribution in [2.45, 2.75) is 26.3 Å². The first-order valence-electron chi connectivity index (χ1n) is 10.4. The molecule has 1 aliphatic rings. The standard InChI is InChI=1S/C25H24FN3O4/c1-15-12-21(16(2)29(15)19-7-5-6-18(26)13-19)22(30)14-28-23(31)25(3,27-24(28)32)17-8-10-20(33-4)11-9-17/h5-13H,14H2,1-4H3,(H,27,32). The SMILES string of the molecule is COc1ccc(C2(C)NC(=O)N(CC(=O)c3cc(C)n(-c4cccc(F)c4)c3C)C2=O)cc1. The maximum absolute atomic E-state index is 13.7. The van der Waals surface area contributed by atoms with E-state index < -0.39 is 24.0 Å². The van der Waals surface area contributed by atoms with Crippen LogP contribution in [0, 0.1) is 19.7 Å². The van der Waals surface area contributed by atoms with Crippen LogP contribution in [0.5, 0.6) is 5.75 Å². The van der Waals surface area contributed by atoms with Gasteiger partial charge in [0.1, 0.15) is 17.1 Å². The number of benzene rings is 2. The van der Waals surface area contributed by atoms with E-state index in [9.17, 15) is 18.8 Å². The normalized spacial score (nSPS) is 17.9. The molecule has 1 N–H and O–H groups in total. The largest absolute Gasteiger partial charge is 0.497 e. The summed E-state index contributed by atoms with van der Waals surface area (Å²) in [6.07, 6.45) is 0. The highest BCUT2D eigenvalue weighted by atomic mass is 19.1. The summed E-state index contributed by atoms with van der Waals surface area (Å²) in [6, 6.07) is 13.9. The molecular formula is C25H24FN3O4. The van der Waals surface area contributed by atoms with E-state index in [1.807, 2.05) is 6.92 Å². The molecule has 1 fully saturated rings. The Labute approximate surface area is 190 Å². The van der Waals surface area contributed by atoms with Crippen LogP contribution in [0.25, 0.3) is 5.69 Å². The minimum Gasteiger partial charge on any atom is -0.497 e. The summed E-state index contributed by atoms with van der Waals surface area (Å²) in [5.74, 6) is -0.650. The Morgan fingerprint density at radius 1 is 1.09 bits per heavy atom. The fraction of sp³-hybridized carbons (Fsp3) is 0.240. The Kier molecular flexibility index (Phi) is 5.53. The van der Waals surface area contributed by atoms with E-state index in [0.717, 1.165) is 10.6 Å². The van der Waals surface area contributed by atoms with Gasteiger partial charge in [0.05, 0.1) is 13.7 Å². The highest BCUT2D eigenvalue weighted by Gasteiger charge is 2.49. The lowest BCUT2D eigenvalue weighted by atomic mass is 9.92. The van der Waals surface area contributed by atoms with Gasteiger partial charge in [-0.05, 0) is 62.7 Å². The van der Waals surface area contributed by atoms with Crippen molar-refractivity contribution < 1.29 is 23.5 Å². The van der Waals surface area contributed by atoms with Crippen molar-refractivity contribution in [3.05, 3.63) is 82.9 Å². The molecule has 1 saturated heterocycles. The zero-order valence-electron chi connectivity index (χ0n) is 18.8. The topological polar surface area (TPSA) is 80.6 Å². The van der Waals surface area contributed by atoms with Gasteiger partial charge in [-0.1, -0.05) is 18.2 Å². The highest BCUT2D eigenvalue weighted by Crippen LogP contribution is 2.30. The summed E-state index contributed by atoms with van der Waals surface area (Å²) < 4.78 is 20.6. The van der Waals surface area contributed by atoms with E-state index in [1.165, 1.54) is 19.2 Å². The van der Waals surface area contributed by atoms with Crippen LogP contribution in [-0.4, -0.2) is 40.8 Å². The van der Waals surface area contributed by atoms with Crippen LogP contribution in [0.4, 0.5) is 9.18 Å². The first-order chi connectivity index (χ1) is 15.7. The molecule has 3 amide bonds. The Balaban J connectivity index is 1.59. The molecule has 8 heteroatoms. The van der Waals surface area contributed by atoms with Gasteiger partial charge in [0.2, 0.25) is 0 Å². The molecule has 1 aromatic heterocycles. The second-order valence-corrected chi connectivity index (χ2v) is 8.20. The quantitative estimate of drug-likeness (QED) is 0.457. The molecule has 2 aromatic carbocycles. The number of Topliss-reactive ketones (excluding diaryl/α,β-unsaturated/α-hetero) is 1. The third kappa shape index (κ3) is 3.77. The van der Waals surface area contributed by atoms with Crippen LogP contribution in [0.3, 0.4) is 0 Å². The van der Waals surface area contributed by atoms with Gasteiger partial charge in [0, 0.05) is 22.6 Å². The molecule has 2 heterocycles. The molecule has 0 saturated carbocycles. The third-order valence-electron chi connectivity index (χ3n) is 6.04. The van der Waals surface area contributed by atoms with Crippen molar-refractivity contribution >= 4 is 17.7 Å². The summed E-state index contributed by atoms with van der Waals surface area (Å²) in [5, 5.41) is 2.70. The molecular weight excluding hydrogens is 425 g/mol. The minimum atomic E-state index is -1.29. The number of halogens is 1. The Morgan fingerprint density at radius 2 is 1.79 bits per heavy atom. The van der Waals surface area contributed by atoms with Gasteiger partial charge >= 0.3 is 6.03 Å². The van der Waals surface area contributed by atoms with Crippen LogP contribution in [0.2, 0.25) is 0 Å². The van der Waals surface area contributed by atoms with Crippen molar-refractivity contribution in [1.29, 1.82) is 0 Å². The number of carbonyl (C=O) groups excluding carboxylic acids is 3. The van der Waals surface area contributed by atoms with Crippen LogP contribution in [0.15, 0.2) is 54.6 Å². The number of imide groups is 1. The predicted molar refractivity (Wildman–Crippen MR) is 120 cm³/mol. The van der Waals surface area contributed by atoms with E-state index in [4.69, 9.17) is 4.74 Å². The average Bonchev–Trinajstić information content (AvgIpc) is 3.21. The number of urea groups is 1. The number of rotatable bonds is 6. The number of ether oxygens (including phenoxy) is 1. The van der Waals surface area contributed by atoms with Crippen molar-refractivity contribution in [2.75, 3.05) is 13.7 Å². The molecule has 1 unspecified atom stereocenters. The second-order valence-electron chi connectivity index (χ2n) is 8.20. The van der Waals surface area contributed by atoms with Gasteiger partial charge < -0.3 is 14.6 Å². The molecule has 7 nitrogen and oxygen atoms in total. The Morgan fingerprint density at radius 3 is 2.42 bits per heavy atom. The first kappa shape index (κ1) is 22.3. The maximum Gasteiger partial charge on any atom is 0.325 e. The molecule has 1 aliphatic heterocycles. The van der Waals surface area contributed by atoms with Gasteiger partial charge in [0.15, 0.2) is 5.78 Å². The van der Waals surface area contributed by atoms with E-state index in [-0.39, 0.29) is 11.6 Å². The fourth-order valence-corrected chi connectivity index (χ4v) is 4.25. The molecule has 0 radical (unpaired) electrons. The number of ketones is 1. The van der Waals surface area contributed by atoms with Crippen LogP contribution >= 0.6 is 0 Å². The van der Waals surface area contributed by atoms with Crippen molar-refractivity contribution in [3.63, 3.8) is 0 Å². The molecule has 0 aliphatic carbocycles. The smallest absolute Gasteiger partial charge is 0.325 e. The van der Waals surface area contributed by atoms with Gasteiger partial charge in [-0.25, -0.2) is 9.18 Å². The minimum absolute atomic E-state index is 0.371. The van der Waals surface area contributed by atoms with Gasteiger partial charge in [0.25, 0.3) is 5.91 Å². The first-order valence-corrected chi connectivity index (χ1v) is 10.4. The van der Waals surface area contributed by atoms with E-state index >= 15 is 0 Å².